The lowest BCUT2D eigenvalue weighted by molar-refractivity contribution is -0.0251. The van der Waals surface area contributed by atoms with E-state index in [0.29, 0.717) is 6.10 Å². The number of likely N-dealkylation sites (N-methyl/N-ethyl adjacent to an activating group) is 1. The van der Waals surface area contributed by atoms with E-state index in [9.17, 15) is 0 Å². The minimum Gasteiger partial charge on any atom is -0.374 e. The lowest BCUT2D eigenvalue weighted by Gasteiger charge is -2.32. The number of morpholine rings is 1. The number of nitrogens with two attached hydrogens (primary N) is 1. The molecule has 4 heteroatoms. The van der Waals surface area contributed by atoms with Gasteiger partial charge in [0.05, 0.1) is 12.7 Å². The molecule has 0 bridgehead atoms. The van der Waals surface area contributed by atoms with E-state index in [1.807, 2.05) is 0 Å². The highest BCUT2D eigenvalue weighted by atomic mass is 16.5. The van der Waals surface area contributed by atoms with Crippen molar-refractivity contribution in [2.24, 2.45) is 5.73 Å². The largest absolute Gasteiger partial charge is 0.374 e. The summed E-state index contributed by atoms with van der Waals surface area (Å²) in [5, 5.41) is 3.37. The molecule has 1 unspecified atom stereocenters. The predicted molar refractivity (Wildman–Crippen MR) is 58.4 cm³/mol. The molecule has 1 aliphatic rings. The van der Waals surface area contributed by atoms with Gasteiger partial charge in [-0.3, -0.25) is 4.90 Å². The Bertz CT molecular complexity index is 143. The molecule has 0 amide bonds. The smallest absolute Gasteiger partial charge is 0.0826 e. The van der Waals surface area contributed by atoms with Gasteiger partial charge in [0.15, 0.2) is 0 Å². The molecule has 0 radical (unpaired) electrons. The Labute approximate surface area is 86.8 Å². The van der Waals surface area contributed by atoms with Gasteiger partial charge in [-0.2, -0.15) is 0 Å². The normalized spacial score (nSPS) is 24.0. The van der Waals surface area contributed by atoms with Gasteiger partial charge in [-0.25, -0.2) is 0 Å². The Morgan fingerprint density at radius 3 is 3.14 bits per heavy atom. The van der Waals surface area contributed by atoms with Gasteiger partial charge in [0.25, 0.3) is 0 Å². The average molecular weight is 201 g/mol. The molecule has 1 fully saturated rings. The second-order valence-electron chi connectivity index (χ2n) is 3.73. The highest BCUT2D eigenvalue weighted by molar-refractivity contribution is 4.72. The third kappa shape index (κ3) is 4.37. The molecular formula is C10H23N3O. The summed E-state index contributed by atoms with van der Waals surface area (Å²) in [6.07, 6.45) is 1.41. The van der Waals surface area contributed by atoms with Gasteiger partial charge in [-0.05, 0) is 26.1 Å². The first-order valence-corrected chi connectivity index (χ1v) is 5.61. The number of nitrogens with zero attached hydrogens (tertiary/aromatic N) is 1. The number of nitrogens with one attached hydrogen (secondary N) is 1. The van der Waals surface area contributed by atoms with E-state index < -0.39 is 0 Å². The van der Waals surface area contributed by atoms with Crippen molar-refractivity contribution in [1.82, 2.24) is 10.2 Å². The van der Waals surface area contributed by atoms with Crippen LogP contribution in [0, 0.1) is 0 Å². The van der Waals surface area contributed by atoms with Crippen LogP contribution in [-0.2, 0) is 4.74 Å². The van der Waals surface area contributed by atoms with Crippen LogP contribution in [0.2, 0.25) is 0 Å². The molecule has 84 valence electrons. The first kappa shape index (κ1) is 11.9. The molecule has 1 saturated heterocycles. The number of hydrogen-bond acceptors (Lipinski definition) is 4. The fourth-order valence-corrected chi connectivity index (χ4v) is 1.68. The van der Waals surface area contributed by atoms with E-state index in [-0.39, 0.29) is 0 Å². The Morgan fingerprint density at radius 1 is 1.57 bits per heavy atom. The summed E-state index contributed by atoms with van der Waals surface area (Å²) in [4.78, 5) is 2.43. The molecule has 14 heavy (non-hydrogen) atoms. The summed E-state index contributed by atoms with van der Waals surface area (Å²) in [5.74, 6) is 0. The van der Waals surface area contributed by atoms with E-state index in [2.05, 4.69) is 17.1 Å². The minimum absolute atomic E-state index is 0.362. The van der Waals surface area contributed by atoms with Crippen LogP contribution in [0.4, 0.5) is 0 Å². The van der Waals surface area contributed by atoms with Gasteiger partial charge in [0.2, 0.25) is 0 Å². The number of ether oxygens (including phenoxy) is 1. The van der Waals surface area contributed by atoms with E-state index in [1.165, 1.54) is 0 Å². The van der Waals surface area contributed by atoms with Gasteiger partial charge >= 0.3 is 0 Å². The van der Waals surface area contributed by atoms with Gasteiger partial charge in [0, 0.05) is 19.6 Å². The summed E-state index contributed by atoms with van der Waals surface area (Å²) in [5.41, 5.74) is 5.41. The van der Waals surface area contributed by atoms with Crippen molar-refractivity contribution in [3.63, 3.8) is 0 Å². The van der Waals surface area contributed by atoms with Crippen molar-refractivity contribution >= 4 is 0 Å². The lowest BCUT2D eigenvalue weighted by Crippen LogP contribution is -2.46. The van der Waals surface area contributed by atoms with Crippen molar-refractivity contribution in [1.29, 1.82) is 0 Å². The van der Waals surface area contributed by atoms with Crippen molar-refractivity contribution < 1.29 is 4.74 Å². The van der Waals surface area contributed by atoms with Gasteiger partial charge in [-0.1, -0.05) is 6.92 Å². The summed E-state index contributed by atoms with van der Waals surface area (Å²) >= 11 is 0. The van der Waals surface area contributed by atoms with Crippen molar-refractivity contribution in [2.75, 3.05) is 45.9 Å². The quantitative estimate of drug-likeness (QED) is 0.577. The lowest BCUT2D eigenvalue weighted by atomic mass is 10.2. The number of rotatable bonds is 6. The molecule has 0 aromatic heterocycles. The van der Waals surface area contributed by atoms with Crippen LogP contribution >= 0.6 is 0 Å². The summed E-state index contributed by atoms with van der Waals surface area (Å²) in [6.45, 7) is 9.06. The van der Waals surface area contributed by atoms with Crippen LogP contribution in [0.25, 0.3) is 0 Å². The molecule has 0 aliphatic carbocycles. The van der Waals surface area contributed by atoms with Gasteiger partial charge in [0.1, 0.15) is 0 Å². The Morgan fingerprint density at radius 2 is 2.43 bits per heavy atom. The van der Waals surface area contributed by atoms with Gasteiger partial charge in [-0.15, -0.1) is 0 Å². The maximum Gasteiger partial charge on any atom is 0.0826 e. The van der Waals surface area contributed by atoms with E-state index in [4.69, 9.17) is 10.5 Å². The minimum atomic E-state index is 0.362. The first-order valence-electron chi connectivity index (χ1n) is 5.61. The highest BCUT2D eigenvalue weighted by Crippen LogP contribution is 2.03. The third-order valence-corrected chi connectivity index (χ3v) is 2.60. The van der Waals surface area contributed by atoms with Crippen molar-refractivity contribution in [3.05, 3.63) is 0 Å². The Balaban J connectivity index is 2.05. The molecule has 1 aliphatic heterocycles. The predicted octanol–water partition coefficient (Wildman–Crippen LogP) is -0.354. The van der Waals surface area contributed by atoms with E-state index in [0.717, 1.165) is 52.3 Å². The number of hydrogen-bond donors (Lipinski definition) is 2. The van der Waals surface area contributed by atoms with Crippen LogP contribution in [0.5, 0.6) is 0 Å². The van der Waals surface area contributed by atoms with Crippen LogP contribution in [0.1, 0.15) is 13.3 Å². The maximum atomic E-state index is 5.65. The van der Waals surface area contributed by atoms with Crippen LogP contribution in [0.15, 0.2) is 0 Å². The summed E-state index contributed by atoms with van der Waals surface area (Å²) < 4.78 is 5.65. The zero-order chi connectivity index (χ0) is 10.2. The maximum absolute atomic E-state index is 5.65. The molecule has 0 spiro atoms. The van der Waals surface area contributed by atoms with Crippen LogP contribution < -0.4 is 11.1 Å². The zero-order valence-electron chi connectivity index (χ0n) is 9.17. The Hall–Kier alpha value is -0.160. The van der Waals surface area contributed by atoms with Crippen LogP contribution in [-0.4, -0.2) is 56.9 Å². The fraction of sp³-hybridized carbons (Fsp3) is 1.00. The summed E-state index contributed by atoms with van der Waals surface area (Å²) in [6, 6.07) is 0. The molecule has 4 nitrogen and oxygen atoms in total. The van der Waals surface area contributed by atoms with Crippen LogP contribution in [0.3, 0.4) is 0 Å². The molecule has 1 rings (SSSR count). The topological polar surface area (TPSA) is 50.5 Å². The first-order chi connectivity index (χ1) is 6.86. The molecule has 1 heterocycles. The molecule has 0 aromatic carbocycles. The van der Waals surface area contributed by atoms with Gasteiger partial charge < -0.3 is 15.8 Å². The highest BCUT2D eigenvalue weighted by Gasteiger charge is 2.18. The standard InChI is InChI=1S/C10H23N3O/c1-2-13-6-7-14-10(9-13)8-12-5-3-4-11/h10,12H,2-9,11H2,1H3. The molecule has 0 aromatic rings. The third-order valence-electron chi connectivity index (χ3n) is 2.60. The zero-order valence-corrected chi connectivity index (χ0v) is 9.17. The molecule has 1 atom stereocenters. The molecular weight excluding hydrogens is 178 g/mol. The average Bonchev–Trinajstić information content (AvgIpc) is 2.25. The van der Waals surface area contributed by atoms with Crippen molar-refractivity contribution in [2.45, 2.75) is 19.4 Å². The SMILES string of the molecule is CCN1CCOC(CNCCCN)C1. The molecule has 3 N–H and O–H groups in total. The summed E-state index contributed by atoms with van der Waals surface area (Å²) in [7, 11) is 0. The monoisotopic (exact) mass is 201 g/mol. The molecule has 0 saturated carbocycles. The second-order valence-corrected chi connectivity index (χ2v) is 3.73. The second kappa shape index (κ2) is 7.17. The Kier molecular flexibility index (Phi) is 6.10. The fourth-order valence-electron chi connectivity index (χ4n) is 1.68. The van der Waals surface area contributed by atoms with E-state index in [1.54, 1.807) is 0 Å². The van der Waals surface area contributed by atoms with E-state index >= 15 is 0 Å². The van der Waals surface area contributed by atoms with Crippen molar-refractivity contribution in [3.8, 4) is 0 Å².